The molecular weight excluding hydrogens is 327 g/mol. The zero-order valence-corrected chi connectivity index (χ0v) is 13.1. The highest BCUT2D eigenvalue weighted by Gasteiger charge is 2.20. The number of likely N-dealkylation sites (N-methyl/N-ethyl adjacent to an activating group) is 1. The third-order valence-corrected chi connectivity index (χ3v) is 3.82. The number of rotatable bonds is 2. The molecule has 0 bridgehead atoms. The lowest BCUT2D eigenvalue weighted by Crippen LogP contribution is -2.41. The van der Waals surface area contributed by atoms with E-state index in [-0.39, 0.29) is 24.0 Å². The quantitative estimate of drug-likeness (QED) is 0.465. The third kappa shape index (κ3) is 4.28. The van der Waals surface area contributed by atoms with Gasteiger partial charge in [0, 0.05) is 19.1 Å². The summed E-state index contributed by atoms with van der Waals surface area (Å²) < 4.78 is 0. The number of hydrogen-bond acceptors (Lipinski definition) is 2. The second-order valence-corrected chi connectivity index (χ2v) is 5.02. The molecule has 0 amide bonds. The summed E-state index contributed by atoms with van der Waals surface area (Å²) >= 11 is 0. The predicted molar refractivity (Wildman–Crippen MR) is 83.0 cm³/mol. The van der Waals surface area contributed by atoms with E-state index in [2.05, 4.69) is 21.8 Å². The second kappa shape index (κ2) is 7.41. The Morgan fingerprint density at radius 3 is 2.47 bits per heavy atom. The molecule has 17 heavy (non-hydrogen) atoms. The van der Waals surface area contributed by atoms with Gasteiger partial charge in [-0.15, -0.1) is 24.0 Å². The van der Waals surface area contributed by atoms with Crippen LogP contribution in [0, 0.1) is 0 Å². The molecule has 0 aliphatic carbocycles. The van der Waals surface area contributed by atoms with Crippen LogP contribution in [0.4, 0.5) is 0 Å². The van der Waals surface area contributed by atoms with E-state index in [1.165, 1.54) is 38.6 Å². The van der Waals surface area contributed by atoms with Gasteiger partial charge in [0.25, 0.3) is 0 Å². The van der Waals surface area contributed by atoms with Crippen LogP contribution >= 0.6 is 24.0 Å². The van der Waals surface area contributed by atoms with Gasteiger partial charge in [0.2, 0.25) is 0 Å². The van der Waals surface area contributed by atoms with Crippen LogP contribution in [0.15, 0.2) is 4.99 Å². The van der Waals surface area contributed by atoms with Gasteiger partial charge < -0.3 is 15.5 Å². The fraction of sp³-hybridized carbons (Fsp3) is 0.917. The van der Waals surface area contributed by atoms with E-state index in [1.54, 1.807) is 0 Å². The highest BCUT2D eigenvalue weighted by molar-refractivity contribution is 14.0. The van der Waals surface area contributed by atoms with E-state index in [9.17, 15) is 0 Å². The Morgan fingerprint density at radius 1 is 1.18 bits per heavy atom. The van der Waals surface area contributed by atoms with Gasteiger partial charge >= 0.3 is 0 Å². The Labute approximate surface area is 122 Å². The predicted octanol–water partition coefficient (Wildman–Crippen LogP) is 1.50. The molecule has 2 N–H and O–H groups in total. The van der Waals surface area contributed by atoms with Crippen LogP contribution in [-0.4, -0.2) is 55.0 Å². The van der Waals surface area contributed by atoms with Crippen LogP contribution in [0.1, 0.15) is 32.1 Å². The molecule has 0 aromatic heterocycles. The van der Waals surface area contributed by atoms with Gasteiger partial charge in [0.15, 0.2) is 5.96 Å². The smallest absolute Gasteiger partial charge is 0.191 e. The van der Waals surface area contributed by atoms with Crippen molar-refractivity contribution in [3.05, 3.63) is 0 Å². The highest BCUT2D eigenvalue weighted by atomic mass is 127. The van der Waals surface area contributed by atoms with Crippen molar-refractivity contribution in [2.24, 2.45) is 10.7 Å². The fourth-order valence-electron chi connectivity index (χ4n) is 2.63. The van der Waals surface area contributed by atoms with Crippen molar-refractivity contribution in [3.8, 4) is 0 Å². The van der Waals surface area contributed by atoms with E-state index in [1.807, 2.05) is 0 Å². The average molecular weight is 352 g/mol. The minimum absolute atomic E-state index is 0. The Balaban J connectivity index is 0.00000144. The molecule has 0 aromatic carbocycles. The first-order valence-corrected chi connectivity index (χ1v) is 6.52. The first-order valence-electron chi connectivity index (χ1n) is 6.52. The summed E-state index contributed by atoms with van der Waals surface area (Å²) in [7, 11) is 2.18. The van der Waals surface area contributed by atoms with E-state index in [0.29, 0.717) is 6.04 Å². The highest BCUT2D eigenvalue weighted by Crippen LogP contribution is 2.15. The van der Waals surface area contributed by atoms with Crippen LogP contribution in [0.5, 0.6) is 0 Å². The lowest BCUT2D eigenvalue weighted by Gasteiger charge is -2.28. The standard InChI is InChI=1S/C12H24N4.HI/c1-15-7-5-6-11(15)10-14-12(13)16-8-3-2-4-9-16;/h11H,2-10H2,1H3,(H2,13,14);1H. The molecule has 0 radical (unpaired) electrons. The number of piperidine rings is 1. The van der Waals surface area contributed by atoms with Gasteiger partial charge in [0.05, 0.1) is 6.54 Å². The molecule has 4 nitrogen and oxygen atoms in total. The van der Waals surface area contributed by atoms with Crippen LogP contribution in [-0.2, 0) is 0 Å². The molecule has 1 atom stereocenters. The van der Waals surface area contributed by atoms with Crippen LogP contribution in [0.2, 0.25) is 0 Å². The maximum Gasteiger partial charge on any atom is 0.191 e. The summed E-state index contributed by atoms with van der Waals surface area (Å²) in [6.07, 6.45) is 6.45. The van der Waals surface area contributed by atoms with Gasteiger partial charge in [-0.1, -0.05) is 0 Å². The average Bonchev–Trinajstić information content (AvgIpc) is 2.73. The molecule has 2 aliphatic rings. The minimum Gasteiger partial charge on any atom is -0.370 e. The van der Waals surface area contributed by atoms with Gasteiger partial charge in [-0.25, -0.2) is 0 Å². The van der Waals surface area contributed by atoms with Crippen molar-refractivity contribution >= 4 is 29.9 Å². The van der Waals surface area contributed by atoms with Crippen molar-refractivity contribution in [2.75, 3.05) is 33.2 Å². The lowest BCUT2D eigenvalue weighted by molar-refractivity contribution is 0.311. The van der Waals surface area contributed by atoms with E-state index in [0.717, 1.165) is 25.6 Å². The maximum absolute atomic E-state index is 6.03. The molecule has 5 heteroatoms. The summed E-state index contributed by atoms with van der Waals surface area (Å²) in [5.41, 5.74) is 6.03. The molecule has 2 heterocycles. The normalized spacial score (nSPS) is 27.0. The van der Waals surface area contributed by atoms with Crippen molar-refractivity contribution in [3.63, 3.8) is 0 Å². The number of likely N-dealkylation sites (tertiary alicyclic amines) is 2. The molecule has 1 unspecified atom stereocenters. The molecule has 0 spiro atoms. The van der Waals surface area contributed by atoms with Gasteiger partial charge in [-0.2, -0.15) is 0 Å². The first kappa shape index (κ1) is 15.0. The van der Waals surface area contributed by atoms with Crippen LogP contribution < -0.4 is 5.73 Å². The minimum atomic E-state index is 0. The Bertz CT molecular complexity index is 251. The number of guanidine groups is 1. The van der Waals surface area contributed by atoms with Crippen LogP contribution in [0.25, 0.3) is 0 Å². The van der Waals surface area contributed by atoms with Crippen molar-refractivity contribution in [1.29, 1.82) is 0 Å². The summed E-state index contributed by atoms with van der Waals surface area (Å²) in [5.74, 6) is 0.764. The molecule has 2 aliphatic heterocycles. The number of halogens is 1. The Kier molecular flexibility index (Phi) is 6.54. The van der Waals surface area contributed by atoms with E-state index >= 15 is 0 Å². The molecule has 0 aromatic rings. The fourth-order valence-corrected chi connectivity index (χ4v) is 2.63. The maximum atomic E-state index is 6.03. The summed E-state index contributed by atoms with van der Waals surface area (Å²) in [5, 5.41) is 0. The molecule has 2 rings (SSSR count). The zero-order chi connectivity index (χ0) is 11.4. The second-order valence-electron chi connectivity index (χ2n) is 5.02. The summed E-state index contributed by atoms with van der Waals surface area (Å²) in [4.78, 5) is 9.19. The van der Waals surface area contributed by atoms with Crippen LogP contribution in [0.3, 0.4) is 0 Å². The Hall–Kier alpha value is -0.0400. The monoisotopic (exact) mass is 352 g/mol. The topological polar surface area (TPSA) is 44.9 Å². The number of nitrogens with zero attached hydrogens (tertiary/aromatic N) is 3. The molecule has 100 valence electrons. The third-order valence-electron chi connectivity index (χ3n) is 3.82. The number of aliphatic imine (C=N–C) groups is 1. The lowest BCUT2D eigenvalue weighted by atomic mass is 10.1. The summed E-state index contributed by atoms with van der Waals surface area (Å²) in [6.45, 7) is 4.27. The molecule has 2 saturated heterocycles. The van der Waals surface area contributed by atoms with Gasteiger partial charge in [0.1, 0.15) is 0 Å². The zero-order valence-electron chi connectivity index (χ0n) is 10.8. The first-order chi connectivity index (χ1) is 7.77. The van der Waals surface area contributed by atoms with Crippen molar-refractivity contribution < 1.29 is 0 Å². The largest absolute Gasteiger partial charge is 0.370 e. The van der Waals surface area contributed by atoms with E-state index in [4.69, 9.17) is 5.73 Å². The van der Waals surface area contributed by atoms with Crippen molar-refractivity contribution in [1.82, 2.24) is 9.80 Å². The Morgan fingerprint density at radius 2 is 1.88 bits per heavy atom. The number of hydrogen-bond donors (Lipinski definition) is 1. The van der Waals surface area contributed by atoms with Crippen molar-refractivity contribution in [2.45, 2.75) is 38.1 Å². The SMILES string of the molecule is CN1CCCC1CN=C(N)N1CCCCC1.I. The molecular formula is C12H25IN4. The van der Waals surface area contributed by atoms with Gasteiger partial charge in [-0.05, 0) is 45.7 Å². The van der Waals surface area contributed by atoms with E-state index < -0.39 is 0 Å². The molecule has 0 saturated carbocycles. The molecule has 2 fully saturated rings. The number of nitrogens with two attached hydrogens (primary N) is 1. The van der Waals surface area contributed by atoms with Gasteiger partial charge in [-0.3, -0.25) is 4.99 Å². The summed E-state index contributed by atoms with van der Waals surface area (Å²) in [6, 6.07) is 0.614.